The van der Waals surface area contributed by atoms with Gasteiger partial charge in [-0.2, -0.15) is 21.6 Å². The summed E-state index contributed by atoms with van der Waals surface area (Å²) in [5.74, 6) is 1.49. The highest BCUT2D eigenvalue weighted by Gasteiger charge is 2.49. The average Bonchev–Trinajstić information content (AvgIpc) is 3.24. The highest BCUT2D eigenvalue weighted by molar-refractivity contribution is 7.88. The average molecular weight is 403 g/mol. The van der Waals surface area contributed by atoms with Crippen LogP contribution in [-0.4, -0.2) is 38.0 Å². The van der Waals surface area contributed by atoms with Crippen LogP contribution in [0.1, 0.15) is 50.0 Å². The lowest BCUT2D eigenvalue weighted by atomic mass is 9.86. The van der Waals surface area contributed by atoms with E-state index in [9.17, 15) is 21.6 Å². The van der Waals surface area contributed by atoms with Crippen LogP contribution in [0.25, 0.3) is 0 Å². The van der Waals surface area contributed by atoms with Crippen molar-refractivity contribution in [1.82, 2.24) is 4.90 Å². The molecule has 2 saturated carbocycles. The molecule has 1 aliphatic heterocycles. The van der Waals surface area contributed by atoms with E-state index in [1.54, 1.807) is 12.1 Å². The Labute approximate surface area is 157 Å². The van der Waals surface area contributed by atoms with Gasteiger partial charge in [0.05, 0.1) is 0 Å². The van der Waals surface area contributed by atoms with Crippen LogP contribution < -0.4 is 4.18 Å². The number of nitrogens with zero attached hydrogens (tertiary/aromatic N) is 1. The normalized spacial score (nSPS) is 30.0. The largest absolute Gasteiger partial charge is 0.534 e. The molecule has 1 heterocycles. The van der Waals surface area contributed by atoms with E-state index >= 15 is 0 Å². The van der Waals surface area contributed by atoms with E-state index in [2.05, 4.69) is 9.08 Å². The van der Waals surface area contributed by atoms with Gasteiger partial charge in [0, 0.05) is 6.04 Å². The summed E-state index contributed by atoms with van der Waals surface area (Å²) in [5, 5.41) is 0. The quantitative estimate of drug-likeness (QED) is 0.556. The Morgan fingerprint density at radius 2 is 1.70 bits per heavy atom. The molecule has 1 aromatic rings. The molecule has 3 atom stereocenters. The number of rotatable bonds is 4. The van der Waals surface area contributed by atoms with Gasteiger partial charge in [-0.15, -0.1) is 0 Å². The molecule has 2 aliphatic carbocycles. The number of fused-ring (bicyclic) bond motifs is 2. The van der Waals surface area contributed by atoms with Crippen LogP contribution in [-0.2, 0) is 10.1 Å². The van der Waals surface area contributed by atoms with E-state index in [1.807, 2.05) is 0 Å². The van der Waals surface area contributed by atoms with E-state index in [0.717, 1.165) is 37.8 Å². The SMILES string of the molecule is O=S(=O)(Oc1ccccc1C1CCN(C2CC3CCC2C3)CC1)C(F)(F)F. The standard InChI is InChI=1S/C19H24F3NO3S/c20-19(21,22)27(24,25)26-18-4-2-1-3-16(18)14-7-9-23(10-8-14)17-12-13-5-6-15(17)11-13/h1-4,13-15,17H,5-12H2. The number of likely N-dealkylation sites (tertiary alicyclic amines) is 1. The van der Waals surface area contributed by atoms with Gasteiger partial charge < -0.3 is 9.08 Å². The molecule has 1 aromatic carbocycles. The fraction of sp³-hybridized carbons (Fsp3) is 0.684. The zero-order valence-corrected chi connectivity index (χ0v) is 15.8. The number of hydrogen-bond donors (Lipinski definition) is 0. The second-order valence-electron chi connectivity index (χ2n) is 8.07. The first-order valence-corrected chi connectivity index (χ1v) is 11.0. The van der Waals surface area contributed by atoms with Crippen LogP contribution in [0, 0.1) is 11.8 Å². The molecule has 0 amide bonds. The van der Waals surface area contributed by atoms with Gasteiger partial charge >= 0.3 is 15.6 Å². The fourth-order valence-electron chi connectivity index (χ4n) is 5.26. The maximum atomic E-state index is 12.7. The first kappa shape index (κ1) is 19.1. The van der Waals surface area contributed by atoms with Gasteiger partial charge in [-0.1, -0.05) is 24.6 Å². The van der Waals surface area contributed by atoms with Crippen molar-refractivity contribution in [2.24, 2.45) is 11.8 Å². The van der Waals surface area contributed by atoms with Gasteiger partial charge in [0.25, 0.3) is 0 Å². The molecule has 4 nitrogen and oxygen atoms in total. The van der Waals surface area contributed by atoms with Crippen molar-refractivity contribution in [1.29, 1.82) is 0 Å². The number of hydrogen-bond acceptors (Lipinski definition) is 4. The van der Waals surface area contributed by atoms with E-state index in [1.165, 1.54) is 37.8 Å². The highest BCUT2D eigenvalue weighted by Crippen LogP contribution is 2.48. The van der Waals surface area contributed by atoms with Crippen molar-refractivity contribution < 1.29 is 25.8 Å². The Balaban J connectivity index is 1.44. The number of piperidine rings is 1. The molecular weight excluding hydrogens is 379 g/mol. The molecule has 0 N–H and O–H groups in total. The number of para-hydroxylation sites is 1. The lowest BCUT2D eigenvalue weighted by Crippen LogP contribution is -2.43. The Hall–Kier alpha value is -1.28. The van der Waals surface area contributed by atoms with Crippen LogP contribution in [0.15, 0.2) is 24.3 Å². The molecule has 3 fully saturated rings. The summed E-state index contributed by atoms with van der Waals surface area (Å²) < 4.78 is 65.3. The summed E-state index contributed by atoms with van der Waals surface area (Å²) in [6, 6.07) is 6.85. The summed E-state index contributed by atoms with van der Waals surface area (Å²) in [5.41, 5.74) is -4.87. The molecule has 150 valence electrons. The van der Waals surface area contributed by atoms with Crippen LogP contribution >= 0.6 is 0 Å². The van der Waals surface area contributed by atoms with Crippen molar-refractivity contribution in [2.45, 2.75) is 56.0 Å². The summed E-state index contributed by atoms with van der Waals surface area (Å²) >= 11 is 0. The van der Waals surface area contributed by atoms with Crippen molar-refractivity contribution in [3.63, 3.8) is 0 Å². The minimum absolute atomic E-state index is 0.0134. The molecule has 3 aliphatic rings. The van der Waals surface area contributed by atoms with E-state index in [0.29, 0.717) is 11.6 Å². The maximum Gasteiger partial charge on any atom is 0.534 e. The van der Waals surface area contributed by atoms with Crippen LogP contribution in [0.2, 0.25) is 0 Å². The Morgan fingerprint density at radius 3 is 2.30 bits per heavy atom. The highest BCUT2D eigenvalue weighted by atomic mass is 32.2. The Morgan fingerprint density at radius 1 is 1.00 bits per heavy atom. The third-order valence-electron chi connectivity index (χ3n) is 6.54. The summed E-state index contributed by atoms with van der Waals surface area (Å²) in [4.78, 5) is 2.54. The predicted octanol–water partition coefficient (Wildman–Crippen LogP) is 4.28. The van der Waals surface area contributed by atoms with Gasteiger partial charge in [0.15, 0.2) is 0 Å². The van der Waals surface area contributed by atoms with Gasteiger partial charge in [0.2, 0.25) is 0 Å². The molecular formula is C19H24F3NO3S. The molecule has 0 spiro atoms. The van der Waals surface area contributed by atoms with Crippen LogP contribution in [0.5, 0.6) is 5.75 Å². The smallest absolute Gasteiger partial charge is 0.376 e. The topological polar surface area (TPSA) is 46.6 Å². The minimum atomic E-state index is -5.65. The zero-order chi connectivity index (χ0) is 19.2. The number of alkyl halides is 3. The van der Waals surface area contributed by atoms with Gasteiger partial charge in [-0.25, -0.2) is 0 Å². The van der Waals surface area contributed by atoms with Gasteiger partial charge in [-0.3, -0.25) is 0 Å². The molecule has 2 bridgehead atoms. The second kappa shape index (κ2) is 6.95. The number of benzene rings is 1. The first-order valence-electron chi connectivity index (χ1n) is 9.58. The molecule has 8 heteroatoms. The maximum absolute atomic E-state index is 12.7. The lowest BCUT2D eigenvalue weighted by Gasteiger charge is -2.40. The molecule has 3 unspecified atom stereocenters. The first-order chi connectivity index (χ1) is 12.7. The molecule has 1 saturated heterocycles. The summed E-state index contributed by atoms with van der Waals surface area (Å²) in [6.07, 6.45) is 6.91. The third kappa shape index (κ3) is 3.70. The van der Waals surface area contributed by atoms with E-state index in [-0.39, 0.29) is 11.7 Å². The van der Waals surface area contributed by atoms with Gasteiger partial charge in [0.1, 0.15) is 5.75 Å². The zero-order valence-electron chi connectivity index (χ0n) is 15.0. The minimum Gasteiger partial charge on any atom is -0.376 e. The predicted molar refractivity (Wildman–Crippen MR) is 94.8 cm³/mol. The molecule has 4 rings (SSSR count). The Bertz CT molecular complexity index is 788. The van der Waals surface area contributed by atoms with E-state index < -0.39 is 15.6 Å². The molecule has 27 heavy (non-hydrogen) atoms. The van der Waals surface area contributed by atoms with Crippen molar-refractivity contribution in [2.75, 3.05) is 13.1 Å². The summed E-state index contributed by atoms with van der Waals surface area (Å²) in [6.45, 7) is 1.80. The monoisotopic (exact) mass is 403 g/mol. The summed E-state index contributed by atoms with van der Waals surface area (Å²) in [7, 11) is -5.65. The van der Waals surface area contributed by atoms with Crippen molar-refractivity contribution in [3.05, 3.63) is 29.8 Å². The van der Waals surface area contributed by atoms with Crippen LogP contribution in [0.4, 0.5) is 13.2 Å². The van der Waals surface area contributed by atoms with Crippen molar-refractivity contribution in [3.8, 4) is 5.75 Å². The second-order valence-corrected chi connectivity index (χ2v) is 9.61. The van der Waals surface area contributed by atoms with Crippen molar-refractivity contribution >= 4 is 10.1 Å². The molecule has 0 aromatic heterocycles. The molecule has 0 radical (unpaired) electrons. The fourth-order valence-corrected chi connectivity index (χ4v) is 5.74. The number of halogens is 3. The van der Waals surface area contributed by atoms with Crippen LogP contribution in [0.3, 0.4) is 0 Å². The van der Waals surface area contributed by atoms with Gasteiger partial charge in [-0.05, 0) is 74.6 Å². The third-order valence-corrected chi connectivity index (χ3v) is 7.51. The lowest BCUT2D eigenvalue weighted by molar-refractivity contribution is -0.0500. The van der Waals surface area contributed by atoms with E-state index in [4.69, 9.17) is 0 Å². The Kier molecular flexibility index (Phi) is 4.91.